The van der Waals surface area contributed by atoms with Crippen LogP contribution in [0.2, 0.25) is 0 Å². The molecule has 1 aliphatic rings. The van der Waals surface area contributed by atoms with Gasteiger partial charge in [-0.05, 0) is 30.7 Å². The summed E-state index contributed by atoms with van der Waals surface area (Å²) in [6.45, 7) is 2.43. The van der Waals surface area contributed by atoms with E-state index in [2.05, 4.69) is 25.9 Å². The average Bonchev–Trinajstić information content (AvgIpc) is 3.03. The van der Waals surface area contributed by atoms with Gasteiger partial charge in [0, 0.05) is 13.1 Å². The van der Waals surface area contributed by atoms with Crippen LogP contribution >= 0.6 is 0 Å². The van der Waals surface area contributed by atoms with E-state index in [-0.39, 0.29) is 0 Å². The first-order valence-electron chi connectivity index (χ1n) is 6.93. The van der Waals surface area contributed by atoms with Gasteiger partial charge in [-0.25, -0.2) is 4.68 Å². The van der Waals surface area contributed by atoms with Crippen molar-refractivity contribution in [3.63, 3.8) is 0 Å². The molecule has 0 fully saturated rings. The van der Waals surface area contributed by atoms with E-state index >= 15 is 0 Å². The lowest BCUT2D eigenvalue weighted by Gasteiger charge is -2.14. The fraction of sp³-hybridized carbons (Fsp3) is 0.357. The van der Waals surface area contributed by atoms with E-state index in [9.17, 15) is 0 Å². The topological polar surface area (TPSA) is 76.4 Å². The molecule has 110 valence electrons. The maximum absolute atomic E-state index is 5.14. The summed E-state index contributed by atoms with van der Waals surface area (Å²) in [5, 5.41) is 14.7. The lowest BCUT2D eigenvalue weighted by molar-refractivity contribution is 0.414. The van der Waals surface area contributed by atoms with E-state index in [1.54, 1.807) is 11.8 Å². The van der Waals surface area contributed by atoms with Gasteiger partial charge in [-0.1, -0.05) is 5.21 Å². The van der Waals surface area contributed by atoms with Crippen LogP contribution in [0.5, 0.6) is 5.75 Å². The van der Waals surface area contributed by atoms with E-state index in [0.29, 0.717) is 6.54 Å². The molecule has 2 aromatic rings. The first-order chi connectivity index (χ1) is 10.3. The number of methoxy groups -OCH3 is 1. The minimum Gasteiger partial charge on any atom is -0.497 e. The summed E-state index contributed by atoms with van der Waals surface area (Å²) in [6, 6.07) is 7.68. The zero-order valence-corrected chi connectivity index (χ0v) is 11.9. The third kappa shape index (κ3) is 3.31. The lowest BCUT2D eigenvalue weighted by Crippen LogP contribution is -2.40. The van der Waals surface area contributed by atoms with Gasteiger partial charge in [0.1, 0.15) is 11.4 Å². The summed E-state index contributed by atoms with van der Waals surface area (Å²) in [7, 11) is 1.65. The number of benzene rings is 1. The number of hydrogen-bond acceptors (Lipinski definition) is 6. The summed E-state index contributed by atoms with van der Waals surface area (Å²) in [5.41, 5.74) is 1.81. The molecule has 0 amide bonds. The number of nitrogens with one attached hydrogen (secondary N) is 2. The predicted molar refractivity (Wildman–Crippen MR) is 79.7 cm³/mol. The molecule has 2 heterocycles. The SMILES string of the molecule is COc1ccc(-n2cc(CNC3=NCCCN3)nn2)cc1. The molecule has 0 atom stereocenters. The van der Waals surface area contributed by atoms with Gasteiger partial charge in [-0.2, -0.15) is 0 Å². The van der Waals surface area contributed by atoms with E-state index < -0.39 is 0 Å². The van der Waals surface area contributed by atoms with Crippen molar-refractivity contribution in [3.8, 4) is 11.4 Å². The first-order valence-corrected chi connectivity index (χ1v) is 6.93. The Balaban J connectivity index is 1.63. The second kappa shape index (κ2) is 6.25. The highest BCUT2D eigenvalue weighted by Crippen LogP contribution is 2.14. The normalized spacial score (nSPS) is 14.2. The Kier molecular flexibility index (Phi) is 3.99. The number of nitrogens with zero attached hydrogens (tertiary/aromatic N) is 4. The molecule has 0 unspecified atom stereocenters. The molecule has 0 bridgehead atoms. The highest BCUT2D eigenvalue weighted by Gasteiger charge is 2.06. The maximum Gasteiger partial charge on any atom is 0.191 e. The van der Waals surface area contributed by atoms with Crippen LogP contribution < -0.4 is 15.4 Å². The van der Waals surface area contributed by atoms with Gasteiger partial charge in [0.25, 0.3) is 0 Å². The fourth-order valence-electron chi connectivity index (χ4n) is 2.07. The van der Waals surface area contributed by atoms with E-state index in [1.165, 1.54) is 0 Å². The first kappa shape index (κ1) is 13.4. The van der Waals surface area contributed by atoms with Crippen molar-refractivity contribution in [2.75, 3.05) is 20.2 Å². The Morgan fingerprint density at radius 2 is 2.19 bits per heavy atom. The number of hydrogen-bond donors (Lipinski definition) is 2. The molecule has 3 rings (SSSR count). The lowest BCUT2D eigenvalue weighted by atomic mass is 10.3. The van der Waals surface area contributed by atoms with Crippen LogP contribution in [0, 0.1) is 0 Å². The molecular formula is C14H18N6O. The van der Waals surface area contributed by atoms with Crippen LogP contribution in [0.4, 0.5) is 0 Å². The monoisotopic (exact) mass is 286 g/mol. The van der Waals surface area contributed by atoms with Crippen molar-refractivity contribution in [2.45, 2.75) is 13.0 Å². The molecule has 0 radical (unpaired) electrons. The van der Waals surface area contributed by atoms with Gasteiger partial charge in [0.15, 0.2) is 5.96 Å². The molecule has 2 N–H and O–H groups in total. The molecule has 21 heavy (non-hydrogen) atoms. The Hall–Kier alpha value is -2.57. The van der Waals surface area contributed by atoms with E-state index in [0.717, 1.165) is 42.6 Å². The Bertz CT molecular complexity index is 619. The molecule has 1 aromatic carbocycles. The molecular weight excluding hydrogens is 268 g/mol. The van der Waals surface area contributed by atoms with Crippen LogP contribution in [0.25, 0.3) is 5.69 Å². The minimum atomic E-state index is 0.599. The number of ether oxygens (including phenoxy) is 1. The fourth-order valence-corrected chi connectivity index (χ4v) is 2.07. The number of guanidine groups is 1. The molecule has 1 aliphatic heterocycles. The van der Waals surface area contributed by atoms with Gasteiger partial charge in [-0.3, -0.25) is 4.99 Å². The second-order valence-corrected chi connectivity index (χ2v) is 4.72. The van der Waals surface area contributed by atoms with Crippen molar-refractivity contribution in [2.24, 2.45) is 4.99 Å². The maximum atomic E-state index is 5.14. The second-order valence-electron chi connectivity index (χ2n) is 4.72. The quantitative estimate of drug-likeness (QED) is 0.866. The van der Waals surface area contributed by atoms with Gasteiger partial charge in [0.05, 0.1) is 25.5 Å². The summed E-state index contributed by atoms with van der Waals surface area (Å²) >= 11 is 0. The van der Waals surface area contributed by atoms with Gasteiger partial charge >= 0.3 is 0 Å². The number of rotatable bonds is 4. The Morgan fingerprint density at radius 1 is 1.33 bits per heavy atom. The van der Waals surface area contributed by atoms with Crippen LogP contribution in [0.1, 0.15) is 12.1 Å². The highest BCUT2D eigenvalue weighted by molar-refractivity contribution is 5.80. The predicted octanol–water partition coefficient (Wildman–Crippen LogP) is 0.715. The summed E-state index contributed by atoms with van der Waals surface area (Å²) in [5.74, 6) is 1.65. The van der Waals surface area contributed by atoms with Gasteiger partial charge < -0.3 is 15.4 Å². The smallest absolute Gasteiger partial charge is 0.191 e. The third-order valence-corrected chi connectivity index (χ3v) is 3.21. The summed E-state index contributed by atoms with van der Waals surface area (Å²) in [6.07, 6.45) is 2.98. The highest BCUT2D eigenvalue weighted by atomic mass is 16.5. The number of aliphatic imine (C=N–C) groups is 1. The zero-order chi connectivity index (χ0) is 14.5. The van der Waals surface area contributed by atoms with Gasteiger partial charge in [-0.15, -0.1) is 5.10 Å². The standard InChI is InChI=1S/C14H18N6O/c1-21-13-5-3-12(4-6-13)20-10-11(18-19-20)9-17-14-15-7-2-8-16-14/h3-6,10H,2,7-9H2,1H3,(H2,15,16,17). The molecule has 0 saturated carbocycles. The van der Waals surface area contributed by atoms with Crippen molar-refractivity contribution in [1.82, 2.24) is 25.6 Å². The molecule has 7 heteroatoms. The molecule has 0 aliphatic carbocycles. The van der Waals surface area contributed by atoms with Crippen LogP contribution in [-0.2, 0) is 6.54 Å². The van der Waals surface area contributed by atoms with E-state index in [1.807, 2.05) is 30.5 Å². The Morgan fingerprint density at radius 3 is 2.90 bits per heavy atom. The van der Waals surface area contributed by atoms with Crippen LogP contribution in [-0.4, -0.2) is 41.2 Å². The largest absolute Gasteiger partial charge is 0.497 e. The average molecular weight is 286 g/mol. The molecule has 0 spiro atoms. The van der Waals surface area contributed by atoms with Crippen LogP contribution in [0.15, 0.2) is 35.5 Å². The summed E-state index contributed by atoms with van der Waals surface area (Å²) in [4.78, 5) is 4.35. The third-order valence-electron chi connectivity index (χ3n) is 3.21. The molecule has 7 nitrogen and oxygen atoms in total. The zero-order valence-electron chi connectivity index (χ0n) is 11.9. The van der Waals surface area contributed by atoms with E-state index in [4.69, 9.17) is 4.74 Å². The molecule has 0 saturated heterocycles. The minimum absolute atomic E-state index is 0.599. The van der Waals surface area contributed by atoms with Crippen molar-refractivity contribution >= 4 is 5.96 Å². The van der Waals surface area contributed by atoms with Crippen LogP contribution in [0.3, 0.4) is 0 Å². The molecule has 1 aromatic heterocycles. The van der Waals surface area contributed by atoms with Gasteiger partial charge in [0.2, 0.25) is 0 Å². The van der Waals surface area contributed by atoms with Crippen molar-refractivity contribution in [3.05, 3.63) is 36.2 Å². The van der Waals surface area contributed by atoms with Crippen molar-refractivity contribution in [1.29, 1.82) is 0 Å². The number of aromatic nitrogens is 3. The van der Waals surface area contributed by atoms with Crippen molar-refractivity contribution < 1.29 is 4.74 Å². The Labute approximate surface area is 123 Å². The summed E-state index contributed by atoms with van der Waals surface area (Å²) < 4.78 is 6.88.